The summed E-state index contributed by atoms with van der Waals surface area (Å²) in [5.74, 6) is 0.812. The van der Waals surface area contributed by atoms with Crippen LogP contribution in [0.25, 0.3) is 6.08 Å². The number of benzene rings is 3. The molecule has 7 heteroatoms. The van der Waals surface area contributed by atoms with Crippen LogP contribution in [-0.4, -0.2) is 12.9 Å². The molecule has 0 aliphatic heterocycles. The molecule has 3 aromatic rings. The lowest BCUT2D eigenvalue weighted by Gasteiger charge is -2.13. The molecular formula is C23H16Cl4O3. The molecule has 0 bridgehead atoms. The lowest BCUT2D eigenvalue weighted by atomic mass is 10.1. The van der Waals surface area contributed by atoms with Crippen LogP contribution in [0.1, 0.15) is 21.5 Å². The van der Waals surface area contributed by atoms with E-state index in [0.717, 1.165) is 11.1 Å². The maximum absolute atomic E-state index is 12.5. The van der Waals surface area contributed by atoms with E-state index in [-0.39, 0.29) is 12.4 Å². The molecular weight excluding hydrogens is 466 g/mol. The number of allylic oxidation sites excluding steroid dienone is 1. The highest BCUT2D eigenvalue weighted by Gasteiger charge is 2.11. The van der Waals surface area contributed by atoms with Gasteiger partial charge in [0, 0.05) is 16.1 Å². The van der Waals surface area contributed by atoms with Crippen LogP contribution in [0.4, 0.5) is 0 Å². The van der Waals surface area contributed by atoms with Gasteiger partial charge in [0.15, 0.2) is 11.5 Å². The summed E-state index contributed by atoms with van der Waals surface area (Å²) >= 11 is 24.3. The average molecular weight is 482 g/mol. The Bertz CT molecular complexity index is 1090. The van der Waals surface area contributed by atoms with Crippen molar-refractivity contribution in [3.05, 3.63) is 97.5 Å². The molecule has 0 aromatic heterocycles. The van der Waals surface area contributed by atoms with Gasteiger partial charge in [-0.1, -0.05) is 64.6 Å². The Hall–Kier alpha value is -2.17. The number of ketones is 1. The number of hydrogen-bond donors (Lipinski definition) is 0. The van der Waals surface area contributed by atoms with Crippen LogP contribution in [0.5, 0.6) is 11.5 Å². The van der Waals surface area contributed by atoms with Crippen LogP contribution in [0, 0.1) is 0 Å². The molecule has 0 saturated carbocycles. The molecule has 0 aliphatic rings. The number of hydrogen-bond acceptors (Lipinski definition) is 3. The van der Waals surface area contributed by atoms with Gasteiger partial charge in [-0.15, -0.1) is 0 Å². The first-order valence-electron chi connectivity index (χ1n) is 8.80. The summed E-state index contributed by atoms with van der Waals surface area (Å²) in [6.45, 7) is 0.186. The van der Waals surface area contributed by atoms with E-state index in [0.29, 0.717) is 37.2 Å². The number of ether oxygens (including phenoxy) is 2. The minimum Gasteiger partial charge on any atom is -0.496 e. The van der Waals surface area contributed by atoms with E-state index >= 15 is 0 Å². The number of carbonyl (C=O) groups excluding carboxylic acids is 1. The maximum Gasteiger partial charge on any atom is 0.187 e. The topological polar surface area (TPSA) is 35.5 Å². The number of methoxy groups -OCH3 is 1. The van der Waals surface area contributed by atoms with Gasteiger partial charge in [-0.2, -0.15) is 0 Å². The van der Waals surface area contributed by atoms with E-state index in [1.165, 1.54) is 12.1 Å². The highest BCUT2D eigenvalue weighted by Crippen LogP contribution is 2.34. The second kappa shape index (κ2) is 10.2. The summed E-state index contributed by atoms with van der Waals surface area (Å²) in [5.41, 5.74) is 1.94. The van der Waals surface area contributed by atoms with Crippen molar-refractivity contribution in [2.24, 2.45) is 0 Å². The Kier molecular flexibility index (Phi) is 7.68. The van der Waals surface area contributed by atoms with Gasteiger partial charge in [-0.25, -0.2) is 0 Å². The smallest absolute Gasteiger partial charge is 0.187 e. The van der Waals surface area contributed by atoms with Crippen molar-refractivity contribution in [1.29, 1.82) is 0 Å². The minimum atomic E-state index is -0.229. The summed E-state index contributed by atoms with van der Waals surface area (Å²) in [4.78, 5) is 12.5. The molecule has 0 heterocycles. The molecule has 0 atom stereocenters. The zero-order valence-electron chi connectivity index (χ0n) is 15.8. The van der Waals surface area contributed by atoms with Gasteiger partial charge in [0.2, 0.25) is 0 Å². The zero-order chi connectivity index (χ0) is 21.7. The summed E-state index contributed by atoms with van der Waals surface area (Å²) in [6, 6.07) is 15.4. The van der Waals surface area contributed by atoms with E-state index in [9.17, 15) is 4.79 Å². The van der Waals surface area contributed by atoms with E-state index in [1.807, 2.05) is 12.1 Å². The van der Waals surface area contributed by atoms with Crippen LogP contribution in [0.15, 0.2) is 60.7 Å². The van der Waals surface area contributed by atoms with Crippen LogP contribution in [0.2, 0.25) is 20.1 Å². The first-order chi connectivity index (χ1) is 14.4. The minimum absolute atomic E-state index is 0.186. The molecule has 3 aromatic carbocycles. The van der Waals surface area contributed by atoms with Crippen LogP contribution in [0.3, 0.4) is 0 Å². The standard InChI is InChI=1S/C23H16Cl4O3/c1-29-22-10-6-14(5-9-21(28)17-8-7-16(24)12-20(17)27)11-15(22)13-30-23-18(25)3-2-4-19(23)26/h2-12H,13H2,1H3/b9-5+. The normalized spacial score (nSPS) is 11.0. The monoisotopic (exact) mass is 480 g/mol. The largest absolute Gasteiger partial charge is 0.496 e. The van der Waals surface area contributed by atoms with Crippen LogP contribution in [-0.2, 0) is 6.61 Å². The molecule has 154 valence electrons. The van der Waals surface area contributed by atoms with Crippen molar-refractivity contribution >= 4 is 58.3 Å². The lowest BCUT2D eigenvalue weighted by Crippen LogP contribution is -2.00. The van der Waals surface area contributed by atoms with Crippen molar-refractivity contribution in [3.63, 3.8) is 0 Å². The first-order valence-corrected chi connectivity index (χ1v) is 10.3. The Morgan fingerprint density at radius 1 is 0.933 bits per heavy atom. The molecule has 30 heavy (non-hydrogen) atoms. The maximum atomic E-state index is 12.5. The van der Waals surface area contributed by atoms with Crippen molar-refractivity contribution in [1.82, 2.24) is 0 Å². The number of carbonyl (C=O) groups is 1. The highest BCUT2D eigenvalue weighted by molar-refractivity contribution is 6.37. The van der Waals surface area contributed by atoms with E-state index in [4.69, 9.17) is 55.9 Å². The highest BCUT2D eigenvalue weighted by atomic mass is 35.5. The van der Waals surface area contributed by atoms with Crippen LogP contribution >= 0.6 is 46.4 Å². The Morgan fingerprint density at radius 3 is 2.33 bits per heavy atom. The van der Waals surface area contributed by atoms with Crippen molar-refractivity contribution in [2.45, 2.75) is 6.61 Å². The number of halogens is 4. The van der Waals surface area contributed by atoms with Gasteiger partial charge in [0.05, 0.1) is 22.2 Å². The van der Waals surface area contributed by atoms with E-state index < -0.39 is 0 Å². The second-order valence-electron chi connectivity index (χ2n) is 6.23. The molecule has 3 rings (SSSR count). The van der Waals surface area contributed by atoms with Gasteiger partial charge < -0.3 is 9.47 Å². The Balaban J connectivity index is 1.80. The van der Waals surface area contributed by atoms with Crippen molar-refractivity contribution in [3.8, 4) is 11.5 Å². The van der Waals surface area contributed by atoms with Crippen LogP contribution < -0.4 is 9.47 Å². The van der Waals surface area contributed by atoms with Crippen molar-refractivity contribution in [2.75, 3.05) is 7.11 Å². The summed E-state index contributed by atoms with van der Waals surface area (Å²) in [7, 11) is 1.57. The second-order valence-corrected chi connectivity index (χ2v) is 7.89. The molecule has 0 saturated heterocycles. The van der Waals surface area contributed by atoms with E-state index in [1.54, 1.807) is 49.6 Å². The molecule has 0 N–H and O–H groups in total. The Labute approximate surface area is 194 Å². The van der Waals surface area contributed by atoms with Gasteiger partial charge in [0.1, 0.15) is 12.4 Å². The fraction of sp³-hybridized carbons (Fsp3) is 0.0870. The molecule has 0 amide bonds. The summed E-state index contributed by atoms with van der Waals surface area (Å²) in [5, 5.41) is 1.61. The first kappa shape index (κ1) is 22.5. The Morgan fingerprint density at radius 2 is 1.67 bits per heavy atom. The quantitative estimate of drug-likeness (QED) is 0.255. The third-order valence-electron chi connectivity index (χ3n) is 4.22. The third-order valence-corrected chi connectivity index (χ3v) is 5.36. The molecule has 0 radical (unpaired) electrons. The average Bonchev–Trinajstić information content (AvgIpc) is 2.71. The third kappa shape index (κ3) is 5.50. The summed E-state index contributed by atoms with van der Waals surface area (Å²) < 4.78 is 11.2. The summed E-state index contributed by atoms with van der Waals surface area (Å²) in [6.07, 6.45) is 3.14. The number of rotatable bonds is 7. The zero-order valence-corrected chi connectivity index (χ0v) is 18.8. The predicted molar refractivity (Wildman–Crippen MR) is 124 cm³/mol. The molecule has 0 fully saturated rings. The molecule has 3 nitrogen and oxygen atoms in total. The fourth-order valence-electron chi connectivity index (χ4n) is 2.74. The van der Waals surface area contributed by atoms with Gasteiger partial charge in [-0.3, -0.25) is 4.79 Å². The van der Waals surface area contributed by atoms with Gasteiger partial charge in [0.25, 0.3) is 0 Å². The predicted octanol–water partition coefficient (Wildman–Crippen LogP) is 7.78. The van der Waals surface area contributed by atoms with Crippen molar-refractivity contribution < 1.29 is 14.3 Å². The fourth-order valence-corrected chi connectivity index (χ4v) is 3.74. The van der Waals surface area contributed by atoms with Gasteiger partial charge in [-0.05, 0) is 54.1 Å². The van der Waals surface area contributed by atoms with Gasteiger partial charge >= 0.3 is 0 Å². The van der Waals surface area contributed by atoms with E-state index in [2.05, 4.69) is 0 Å². The molecule has 0 spiro atoms. The SMILES string of the molecule is COc1ccc(/C=C/C(=O)c2ccc(Cl)cc2Cl)cc1COc1c(Cl)cccc1Cl. The number of para-hydroxylation sites is 1. The molecule has 0 aliphatic carbocycles. The molecule has 0 unspecified atom stereocenters. The lowest BCUT2D eigenvalue weighted by molar-refractivity contribution is 0.104.